The van der Waals surface area contributed by atoms with Crippen LogP contribution >= 0.6 is 24.0 Å². The number of guanidine groups is 1. The van der Waals surface area contributed by atoms with Gasteiger partial charge in [0.05, 0.1) is 19.3 Å². The Morgan fingerprint density at radius 3 is 2.74 bits per heavy atom. The van der Waals surface area contributed by atoms with Crippen molar-refractivity contribution in [3.63, 3.8) is 0 Å². The fourth-order valence-corrected chi connectivity index (χ4v) is 3.74. The Morgan fingerprint density at radius 2 is 2.11 bits per heavy atom. The summed E-state index contributed by atoms with van der Waals surface area (Å²) in [5.41, 5.74) is 2.82. The van der Waals surface area contributed by atoms with E-state index in [0.29, 0.717) is 6.61 Å². The zero-order valence-electron chi connectivity index (χ0n) is 16.0. The predicted octanol–water partition coefficient (Wildman–Crippen LogP) is 2.72. The van der Waals surface area contributed by atoms with Gasteiger partial charge in [0.25, 0.3) is 0 Å². The van der Waals surface area contributed by atoms with Gasteiger partial charge in [0.2, 0.25) is 0 Å². The SMILES string of the molecule is CN=C(NCC1(c2ccccc2)CC1)N1CCOC(c2cnn(C)c2)C1.I. The third kappa shape index (κ3) is 4.45. The van der Waals surface area contributed by atoms with Crippen LogP contribution in [0.25, 0.3) is 0 Å². The first-order valence-corrected chi connectivity index (χ1v) is 9.31. The van der Waals surface area contributed by atoms with Gasteiger partial charge in [0.15, 0.2) is 5.96 Å². The van der Waals surface area contributed by atoms with Crippen LogP contribution in [-0.4, -0.2) is 53.9 Å². The maximum atomic E-state index is 5.95. The Balaban J connectivity index is 0.00000210. The highest BCUT2D eigenvalue weighted by Gasteiger charge is 2.44. The van der Waals surface area contributed by atoms with Crippen molar-refractivity contribution in [3.05, 3.63) is 53.9 Å². The van der Waals surface area contributed by atoms with Crippen LogP contribution in [0.4, 0.5) is 0 Å². The highest BCUT2D eigenvalue weighted by molar-refractivity contribution is 14.0. The van der Waals surface area contributed by atoms with Gasteiger partial charge in [-0.2, -0.15) is 5.10 Å². The maximum Gasteiger partial charge on any atom is 0.193 e. The summed E-state index contributed by atoms with van der Waals surface area (Å²) in [5.74, 6) is 0.962. The number of hydrogen-bond donors (Lipinski definition) is 1. The molecule has 1 aromatic heterocycles. The molecule has 7 heteroatoms. The summed E-state index contributed by atoms with van der Waals surface area (Å²) in [4.78, 5) is 6.82. The Morgan fingerprint density at radius 1 is 1.33 bits per heavy atom. The van der Waals surface area contributed by atoms with Gasteiger partial charge in [-0.1, -0.05) is 30.3 Å². The van der Waals surface area contributed by atoms with Crippen molar-refractivity contribution in [1.29, 1.82) is 0 Å². The van der Waals surface area contributed by atoms with Crippen LogP contribution < -0.4 is 5.32 Å². The van der Waals surface area contributed by atoms with Crippen LogP contribution in [0.5, 0.6) is 0 Å². The number of benzene rings is 1. The number of aromatic nitrogens is 2. The summed E-state index contributed by atoms with van der Waals surface area (Å²) in [6.45, 7) is 3.28. The Kier molecular flexibility index (Phi) is 6.41. The lowest BCUT2D eigenvalue weighted by Crippen LogP contribution is -2.49. The van der Waals surface area contributed by atoms with Gasteiger partial charge in [0.1, 0.15) is 6.10 Å². The molecule has 1 aromatic carbocycles. The quantitative estimate of drug-likeness (QED) is 0.415. The summed E-state index contributed by atoms with van der Waals surface area (Å²) in [5, 5.41) is 7.88. The minimum atomic E-state index is 0. The smallest absolute Gasteiger partial charge is 0.193 e. The number of nitrogens with zero attached hydrogens (tertiary/aromatic N) is 4. The van der Waals surface area contributed by atoms with Gasteiger partial charge in [-0.25, -0.2) is 0 Å². The molecule has 2 heterocycles. The first-order valence-electron chi connectivity index (χ1n) is 9.31. The highest BCUT2D eigenvalue weighted by atomic mass is 127. The maximum absolute atomic E-state index is 5.95. The van der Waals surface area contributed by atoms with Gasteiger partial charge in [-0.15, -0.1) is 24.0 Å². The second kappa shape index (κ2) is 8.60. The third-order valence-corrected chi connectivity index (χ3v) is 5.50. The molecule has 1 atom stereocenters. The number of hydrogen-bond acceptors (Lipinski definition) is 3. The van der Waals surface area contributed by atoms with Crippen LogP contribution in [0.2, 0.25) is 0 Å². The normalized spacial score (nSPS) is 21.5. The Bertz CT molecular complexity index is 772. The number of aliphatic imine (C=N–C) groups is 1. The van der Waals surface area contributed by atoms with Gasteiger partial charge >= 0.3 is 0 Å². The van der Waals surface area contributed by atoms with Crippen molar-refractivity contribution in [3.8, 4) is 0 Å². The van der Waals surface area contributed by atoms with Crippen molar-refractivity contribution in [1.82, 2.24) is 20.0 Å². The second-order valence-corrected chi connectivity index (χ2v) is 7.30. The fraction of sp³-hybridized carbons (Fsp3) is 0.500. The Hall–Kier alpha value is -1.61. The molecule has 2 aliphatic rings. The minimum absolute atomic E-state index is 0. The van der Waals surface area contributed by atoms with E-state index in [1.807, 2.05) is 31.2 Å². The average molecular weight is 481 g/mol. The van der Waals surface area contributed by atoms with Gasteiger partial charge in [0, 0.05) is 44.4 Å². The summed E-state index contributed by atoms with van der Waals surface area (Å²) >= 11 is 0. The molecular formula is C20H28IN5O. The van der Waals surface area contributed by atoms with E-state index in [1.54, 1.807) is 0 Å². The fourth-order valence-electron chi connectivity index (χ4n) is 3.74. The summed E-state index contributed by atoms with van der Waals surface area (Å²) in [7, 11) is 3.79. The molecule has 146 valence electrons. The average Bonchev–Trinajstić information content (AvgIpc) is 3.36. The topological polar surface area (TPSA) is 54.7 Å². The molecule has 4 rings (SSSR count). The molecule has 27 heavy (non-hydrogen) atoms. The lowest BCUT2D eigenvalue weighted by molar-refractivity contribution is -0.00805. The second-order valence-electron chi connectivity index (χ2n) is 7.30. The first-order chi connectivity index (χ1) is 12.7. The minimum Gasteiger partial charge on any atom is -0.370 e. The van der Waals surface area contributed by atoms with E-state index in [4.69, 9.17) is 4.74 Å². The van der Waals surface area contributed by atoms with Crippen molar-refractivity contribution in [2.75, 3.05) is 33.3 Å². The number of morpholine rings is 1. The molecule has 1 aliphatic carbocycles. The molecule has 2 fully saturated rings. The van der Waals surface area contributed by atoms with Crippen molar-refractivity contribution < 1.29 is 4.74 Å². The lowest BCUT2D eigenvalue weighted by atomic mass is 9.96. The van der Waals surface area contributed by atoms with Crippen molar-refractivity contribution >= 4 is 29.9 Å². The Labute approximate surface area is 178 Å². The van der Waals surface area contributed by atoms with E-state index < -0.39 is 0 Å². The van der Waals surface area contributed by atoms with Gasteiger partial charge in [-0.3, -0.25) is 9.67 Å². The van der Waals surface area contributed by atoms with Crippen LogP contribution in [0.15, 0.2) is 47.7 Å². The molecule has 0 spiro atoms. The van der Waals surface area contributed by atoms with Crippen molar-refractivity contribution in [2.45, 2.75) is 24.4 Å². The zero-order valence-corrected chi connectivity index (χ0v) is 18.3. The molecule has 1 saturated heterocycles. The third-order valence-electron chi connectivity index (χ3n) is 5.50. The van der Waals surface area contributed by atoms with E-state index in [1.165, 1.54) is 18.4 Å². The van der Waals surface area contributed by atoms with E-state index in [0.717, 1.165) is 31.2 Å². The molecule has 0 bridgehead atoms. The number of rotatable bonds is 4. The molecule has 1 unspecified atom stereocenters. The molecule has 2 aromatic rings. The number of ether oxygens (including phenoxy) is 1. The van der Waals surface area contributed by atoms with E-state index >= 15 is 0 Å². The summed E-state index contributed by atoms with van der Waals surface area (Å²) in [6.07, 6.45) is 6.43. The predicted molar refractivity (Wildman–Crippen MR) is 118 cm³/mol. The lowest BCUT2D eigenvalue weighted by Gasteiger charge is -2.35. The standard InChI is InChI=1S/C20H27N5O.HI/c1-21-19(22-15-20(8-9-20)17-6-4-3-5-7-17)25-10-11-26-18(14-25)16-12-23-24(2)13-16;/h3-7,12-13,18H,8-11,14-15H2,1-2H3,(H,21,22);1H. The number of nitrogens with one attached hydrogen (secondary N) is 1. The van der Waals surface area contributed by atoms with E-state index in [-0.39, 0.29) is 35.5 Å². The van der Waals surface area contributed by atoms with E-state index in [9.17, 15) is 0 Å². The highest BCUT2D eigenvalue weighted by Crippen LogP contribution is 2.47. The number of aryl methyl sites for hydroxylation is 1. The molecule has 0 amide bonds. The van der Waals surface area contributed by atoms with E-state index in [2.05, 4.69) is 50.6 Å². The number of halogens is 1. The first kappa shape index (κ1) is 20.1. The summed E-state index contributed by atoms with van der Waals surface area (Å²) in [6, 6.07) is 10.8. The molecule has 1 N–H and O–H groups in total. The zero-order chi connectivity index (χ0) is 18.0. The van der Waals surface area contributed by atoms with Crippen LogP contribution in [-0.2, 0) is 17.2 Å². The molecule has 6 nitrogen and oxygen atoms in total. The van der Waals surface area contributed by atoms with Crippen LogP contribution in [0, 0.1) is 0 Å². The molecular weight excluding hydrogens is 453 g/mol. The molecule has 1 aliphatic heterocycles. The van der Waals surface area contributed by atoms with Gasteiger partial charge in [-0.05, 0) is 18.4 Å². The summed E-state index contributed by atoms with van der Waals surface area (Å²) < 4.78 is 7.77. The molecule has 1 saturated carbocycles. The van der Waals surface area contributed by atoms with Gasteiger partial charge < -0.3 is 15.0 Å². The molecule has 0 radical (unpaired) electrons. The van der Waals surface area contributed by atoms with Crippen molar-refractivity contribution in [2.24, 2.45) is 12.0 Å². The monoisotopic (exact) mass is 481 g/mol. The van der Waals surface area contributed by atoms with Crippen LogP contribution in [0.3, 0.4) is 0 Å². The van der Waals surface area contributed by atoms with Crippen LogP contribution in [0.1, 0.15) is 30.1 Å². The largest absolute Gasteiger partial charge is 0.370 e.